The molecule has 3 rings (SSSR count). The smallest absolute Gasteiger partial charge is 0.340 e. The number of ether oxygens (including phenoxy) is 1. The van der Waals surface area contributed by atoms with E-state index in [0.717, 1.165) is 0 Å². The van der Waals surface area contributed by atoms with Crippen LogP contribution in [0.25, 0.3) is 0 Å². The van der Waals surface area contributed by atoms with Gasteiger partial charge in [-0.1, -0.05) is 30.3 Å². The molecule has 1 aromatic rings. The molecule has 0 aliphatic carbocycles. The number of likely N-dealkylation sites (N-methyl/N-ethyl adjacent to an activating group) is 1. The monoisotopic (exact) mass is 417 g/mol. The number of sulfonamides is 1. The van der Waals surface area contributed by atoms with Gasteiger partial charge in [0.2, 0.25) is 6.10 Å². The average Bonchev–Trinajstić information content (AvgIpc) is 2.72. The molecule has 2 heterocycles. The molecule has 1 aromatic carbocycles. The molecule has 0 aromatic heterocycles. The lowest BCUT2D eigenvalue weighted by atomic mass is 10.1. The zero-order valence-corrected chi connectivity index (χ0v) is 17.1. The van der Waals surface area contributed by atoms with Crippen LogP contribution in [-0.2, 0) is 24.3 Å². The Kier molecular flexibility index (Phi) is 6.17. The first-order chi connectivity index (χ1) is 13.8. The first-order valence-corrected chi connectivity index (χ1v) is 11.0. The highest BCUT2D eigenvalue weighted by molar-refractivity contribution is 7.90. The van der Waals surface area contributed by atoms with Crippen LogP contribution in [0.4, 0.5) is 0 Å². The summed E-state index contributed by atoms with van der Waals surface area (Å²) in [6, 6.07) is 8.86. The molecule has 2 aliphatic rings. The number of nitrogens with zero attached hydrogens (tertiary/aromatic N) is 3. The predicted octanol–water partition coefficient (Wildman–Crippen LogP) is 1.64. The SMILES string of the molecule is CCN(CC)C(=O)[C@H](OC(=O)C1=CN2CCS(=O)(=O)N=C2C=C1)c1ccccc1. The Balaban J connectivity index is 1.83. The zero-order chi connectivity index (χ0) is 21.0. The predicted molar refractivity (Wildman–Crippen MR) is 108 cm³/mol. The molecule has 0 bridgehead atoms. The van der Waals surface area contributed by atoms with Crippen molar-refractivity contribution in [2.75, 3.05) is 25.4 Å². The van der Waals surface area contributed by atoms with Gasteiger partial charge in [0, 0.05) is 31.4 Å². The highest BCUT2D eigenvalue weighted by Crippen LogP contribution is 2.24. The van der Waals surface area contributed by atoms with Crippen LogP contribution in [0.3, 0.4) is 0 Å². The fourth-order valence-electron chi connectivity index (χ4n) is 3.09. The van der Waals surface area contributed by atoms with Crippen LogP contribution in [0.5, 0.6) is 0 Å². The van der Waals surface area contributed by atoms with Gasteiger partial charge in [0.25, 0.3) is 15.9 Å². The summed E-state index contributed by atoms with van der Waals surface area (Å²) >= 11 is 0. The molecule has 9 heteroatoms. The summed E-state index contributed by atoms with van der Waals surface area (Å²) in [5, 5.41) is 0. The van der Waals surface area contributed by atoms with Crippen molar-refractivity contribution in [2.45, 2.75) is 20.0 Å². The standard InChI is InChI=1S/C20H23N3O5S/c1-3-22(4-2)19(24)18(15-8-6-5-7-9-15)28-20(25)16-10-11-17-21-29(26,27)13-12-23(17)14-16/h5-11,14,18H,3-4,12-13H2,1-2H3/t18-/m1/s1. The second kappa shape index (κ2) is 8.60. The highest BCUT2D eigenvalue weighted by Gasteiger charge is 2.31. The number of amidine groups is 1. The molecule has 154 valence electrons. The van der Waals surface area contributed by atoms with Gasteiger partial charge in [-0.2, -0.15) is 0 Å². The third-order valence-electron chi connectivity index (χ3n) is 4.69. The zero-order valence-electron chi connectivity index (χ0n) is 16.3. The van der Waals surface area contributed by atoms with Crippen molar-refractivity contribution < 1.29 is 22.7 Å². The lowest BCUT2D eigenvalue weighted by molar-refractivity contribution is -0.157. The van der Waals surface area contributed by atoms with Crippen LogP contribution in [0.2, 0.25) is 0 Å². The van der Waals surface area contributed by atoms with E-state index in [1.807, 2.05) is 19.9 Å². The van der Waals surface area contributed by atoms with Crippen molar-refractivity contribution in [1.29, 1.82) is 0 Å². The third-order valence-corrected chi connectivity index (χ3v) is 5.85. The van der Waals surface area contributed by atoms with Gasteiger partial charge in [0.1, 0.15) is 5.84 Å². The molecule has 0 spiro atoms. The fourth-order valence-corrected chi connectivity index (χ4v) is 4.06. The molecule has 0 unspecified atom stereocenters. The lowest BCUT2D eigenvalue weighted by Crippen LogP contribution is -2.38. The minimum Gasteiger partial charge on any atom is -0.444 e. The number of hydrogen-bond donors (Lipinski definition) is 0. The number of carbonyl (C=O) groups is 2. The van der Waals surface area contributed by atoms with Gasteiger partial charge < -0.3 is 14.5 Å². The summed E-state index contributed by atoms with van der Waals surface area (Å²) in [4.78, 5) is 28.9. The largest absolute Gasteiger partial charge is 0.444 e. The first-order valence-electron chi connectivity index (χ1n) is 9.38. The Hall–Kier alpha value is -2.94. The quantitative estimate of drug-likeness (QED) is 0.653. The van der Waals surface area contributed by atoms with Gasteiger partial charge in [0.15, 0.2) is 0 Å². The maximum atomic E-state index is 12.9. The van der Waals surface area contributed by atoms with E-state index in [2.05, 4.69) is 4.40 Å². The number of benzene rings is 1. The average molecular weight is 417 g/mol. The molecule has 0 saturated carbocycles. The van der Waals surface area contributed by atoms with Crippen molar-refractivity contribution in [3.8, 4) is 0 Å². The number of amides is 1. The van der Waals surface area contributed by atoms with Gasteiger partial charge >= 0.3 is 5.97 Å². The van der Waals surface area contributed by atoms with Crippen LogP contribution in [0.15, 0.2) is 58.7 Å². The summed E-state index contributed by atoms with van der Waals surface area (Å²) < 4.78 is 32.5. The van der Waals surface area contributed by atoms with Gasteiger partial charge in [-0.25, -0.2) is 13.2 Å². The Morgan fingerprint density at radius 1 is 1.17 bits per heavy atom. The normalized spacial score (nSPS) is 18.2. The summed E-state index contributed by atoms with van der Waals surface area (Å²) in [5.41, 5.74) is 0.806. The van der Waals surface area contributed by atoms with Crippen LogP contribution >= 0.6 is 0 Å². The summed E-state index contributed by atoms with van der Waals surface area (Å²) in [6.07, 6.45) is 3.34. The van der Waals surface area contributed by atoms with Crippen molar-refractivity contribution in [2.24, 2.45) is 4.40 Å². The second-order valence-electron chi connectivity index (χ2n) is 6.55. The number of carbonyl (C=O) groups excluding carboxylic acids is 2. The summed E-state index contributed by atoms with van der Waals surface area (Å²) in [5.74, 6) is -0.827. The maximum Gasteiger partial charge on any atom is 0.340 e. The van der Waals surface area contributed by atoms with Crippen molar-refractivity contribution in [1.82, 2.24) is 9.80 Å². The number of rotatable bonds is 6. The summed E-state index contributed by atoms with van der Waals surface area (Å²) in [6.45, 7) is 4.93. The van der Waals surface area contributed by atoms with Gasteiger partial charge in [-0.05, 0) is 26.0 Å². The molecular weight excluding hydrogens is 394 g/mol. The van der Waals surface area contributed by atoms with E-state index in [1.54, 1.807) is 34.1 Å². The molecule has 2 aliphatic heterocycles. The number of fused-ring (bicyclic) bond motifs is 1. The number of hydrogen-bond acceptors (Lipinski definition) is 6. The molecule has 0 fully saturated rings. The molecule has 0 saturated heterocycles. The Morgan fingerprint density at radius 2 is 1.86 bits per heavy atom. The Morgan fingerprint density at radius 3 is 2.52 bits per heavy atom. The van der Waals surface area contributed by atoms with E-state index in [-0.39, 0.29) is 29.6 Å². The lowest BCUT2D eigenvalue weighted by Gasteiger charge is -2.28. The van der Waals surface area contributed by atoms with Crippen molar-refractivity contribution in [3.63, 3.8) is 0 Å². The molecule has 0 N–H and O–H groups in total. The molecule has 1 amide bonds. The minimum atomic E-state index is -3.47. The van der Waals surface area contributed by atoms with E-state index in [4.69, 9.17) is 4.74 Å². The van der Waals surface area contributed by atoms with Crippen LogP contribution in [0, 0.1) is 0 Å². The van der Waals surface area contributed by atoms with Crippen LogP contribution in [0.1, 0.15) is 25.5 Å². The molecule has 8 nitrogen and oxygen atoms in total. The van der Waals surface area contributed by atoms with E-state index >= 15 is 0 Å². The Bertz CT molecular complexity index is 979. The van der Waals surface area contributed by atoms with Crippen molar-refractivity contribution in [3.05, 3.63) is 59.8 Å². The maximum absolute atomic E-state index is 12.9. The third kappa shape index (κ3) is 4.73. The van der Waals surface area contributed by atoms with E-state index in [1.165, 1.54) is 18.4 Å². The molecule has 29 heavy (non-hydrogen) atoms. The van der Waals surface area contributed by atoms with E-state index < -0.39 is 22.1 Å². The molecule has 1 atom stereocenters. The second-order valence-corrected chi connectivity index (χ2v) is 8.31. The highest BCUT2D eigenvalue weighted by atomic mass is 32.2. The minimum absolute atomic E-state index is 0.129. The van der Waals surface area contributed by atoms with Gasteiger partial charge in [-0.15, -0.1) is 4.40 Å². The van der Waals surface area contributed by atoms with Crippen LogP contribution < -0.4 is 0 Å². The molecular formula is C20H23N3O5S. The van der Waals surface area contributed by atoms with E-state index in [9.17, 15) is 18.0 Å². The van der Waals surface area contributed by atoms with Crippen molar-refractivity contribution >= 4 is 27.7 Å². The topological polar surface area (TPSA) is 96.4 Å². The first kappa shape index (κ1) is 20.8. The molecule has 0 radical (unpaired) electrons. The van der Waals surface area contributed by atoms with Crippen LogP contribution in [-0.4, -0.2) is 61.3 Å². The fraction of sp³-hybridized carbons (Fsp3) is 0.350. The van der Waals surface area contributed by atoms with E-state index in [0.29, 0.717) is 18.7 Å². The Labute approximate surface area is 170 Å². The van der Waals surface area contributed by atoms with Gasteiger partial charge in [0.05, 0.1) is 11.3 Å². The van der Waals surface area contributed by atoms with Gasteiger partial charge in [-0.3, -0.25) is 4.79 Å². The summed E-state index contributed by atoms with van der Waals surface area (Å²) in [7, 11) is -3.47. The number of esters is 1.